The van der Waals surface area contributed by atoms with Crippen molar-refractivity contribution in [2.24, 2.45) is 0 Å². The molecule has 20 heavy (non-hydrogen) atoms. The SMILES string of the molecule is CC(C)c1nc2c(B(O)O)cccc2c2ccccc12. The van der Waals surface area contributed by atoms with E-state index in [2.05, 4.69) is 26.0 Å². The van der Waals surface area contributed by atoms with E-state index in [1.54, 1.807) is 6.07 Å². The van der Waals surface area contributed by atoms with Crippen LogP contribution in [0.3, 0.4) is 0 Å². The summed E-state index contributed by atoms with van der Waals surface area (Å²) in [4.78, 5) is 4.70. The van der Waals surface area contributed by atoms with E-state index in [1.807, 2.05) is 24.3 Å². The number of aromatic nitrogens is 1. The van der Waals surface area contributed by atoms with Crippen LogP contribution in [0.4, 0.5) is 0 Å². The smallest absolute Gasteiger partial charge is 0.423 e. The minimum absolute atomic E-state index is 0.271. The zero-order valence-corrected chi connectivity index (χ0v) is 11.5. The first-order valence-electron chi connectivity index (χ1n) is 6.77. The van der Waals surface area contributed by atoms with E-state index in [1.165, 1.54) is 0 Å². The first kappa shape index (κ1) is 13.1. The van der Waals surface area contributed by atoms with Gasteiger partial charge >= 0.3 is 7.12 Å². The maximum absolute atomic E-state index is 9.54. The highest BCUT2D eigenvalue weighted by atomic mass is 16.4. The lowest BCUT2D eigenvalue weighted by molar-refractivity contribution is 0.426. The molecule has 3 nitrogen and oxygen atoms in total. The van der Waals surface area contributed by atoms with E-state index in [0.717, 1.165) is 21.9 Å². The molecule has 0 spiro atoms. The number of rotatable bonds is 2. The summed E-state index contributed by atoms with van der Waals surface area (Å²) in [5, 5.41) is 22.3. The first-order valence-corrected chi connectivity index (χ1v) is 6.77. The number of fused-ring (bicyclic) bond motifs is 3. The molecule has 0 unspecified atom stereocenters. The fraction of sp³-hybridized carbons (Fsp3) is 0.188. The predicted molar refractivity (Wildman–Crippen MR) is 83.2 cm³/mol. The molecule has 3 aromatic rings. The Morgan fingerprint density at radius 3 is 2.20 bits per heavy atom. The predicted octanol–water partition coefficient (Wildman–Crippen LogP) is 2.19. The third-order valence-electron chi connectivity index (χ3n) is 3.62. The molecule has 0 aliphatic carbocycles. The Labute approximate surface area is 118 Å². The molecule has 2 aromatic carbocycles. The van der Waals surface area contributed by atoms with E-state index in [4.69, 9.17) is 4.98 Å². The summed E-state index contributed by atoms with van der Waals surface area (Å²) in [5.41, 5.74) is 2.11. The molecule has 0 bridgehead atoms. The minimum Gasteiger partial charge on any atom is -0.423 e. The zero-order chi connectivity index (χ0) is 14.3. The largest absolute Gasteiger partial charge is 0.490 e. The summed E-state index contributed by atoms with van der Waals surface area (Å²) in [6.45, 7) is 4.19. The van der Waals surface area contributed by atoms with Gasteiger partial charge in [0.1, 0.15) is 0 Å². The number of hydrogen-bond acceptors (Lipinski definition) is 3. The molecule has 3 rings (SSSR count). The lowest BCUT2D eigenvalue weighted by atomic mass is 9.78. The van der Waals surface area contributed by atoms with Crippen LogP contribution in [0, 0.1) is 0 Å². The number of pyridine rings is 1. The maximum atomic E-state index is 9.54. The van der Waals surface area contributed by atoms with Crippen molar-refractivity contribution in [1.82, 2.24) is 4.98 Å². The van der Waals surface area contributed by atoms with Gasteiger partial charge in [-0.1, -0.05) is 56.3 Å². The fourth-order valence-electron chi connectivity index (χ4n) is 2.67. The summed E-state index contributed by atoms with van der Waals surface area (Å²) in [6.07, 6.45) is 0. The van der Waals surface area contributed by atoms with E-state index in [-0.39, 0.29) is 5.92 Å². The second-order valence-electron chi connectivity index (χ2n) is 5.31. The van der Waals surface area contributed by atoms with Crippen molar-refractivity contribution in [3.63, 3.8) is 0 Å². The lowest BCUT2D eigenvalue weighted by Crippen LogP contribution is -2.31. The summed E-state index contributed by atoms with van der Waals surface area (Å²) in [7, 11) is -1.51. The van der Waals surface area contributed by atoms with E-state index < -0.39 is 7.12 Å². The summed E-state index contributed by atoms with van der Waals surface area (Å²) in [6, 6.07) is 13.6. The topological polar surface area (TPSA) is 53.4 Å². The summed E-state index contributed by atoms with van der Waals surface area (Å²) < 4.78 is 0. The van der Waals surface area contributed by atoms with Crippen LogP contribution in [0.2, 0.25) is 0 Å². The Kier molecular flexibility index (Phi) is 3.20. The van der Waals surface area contributed by atoms with Crippen LogP contribution in [0.25, 0.3) is 21.7 Å². The van der Waals surface area contributed by atoms with Gasteiger partial charge in [-0.05, 0) is 11.3 Å². The summed E-state index contributed by atoms with van der Waals surface area (Å²) >= 11 is 0. The maximum Gasteiger partial charge on any atom is 0.490 e. The Morgan fingerprint density at radius 1 is 0.900 bits per heavy atom. The zero-order valence-electron chi connectivity index (χ0n) is 11.5. The number of hydrogen-bond donors (Lipinski definition) is 2. The molecule has 0 aliphatic heterocycles. The van der Waals surface area contributed by atoms with Crippen LogP contribution < -0.4 is 5.46 Å². The van der Waals surface area contributed by atoms with E-state index >= 15 is 0 Å². The monoisotopic (exact) mass is 265 g/mol. The highest BCUT2D eigenvalue weighted by Gasteiger charge is 2.18. The van der Waals surface area contributed by atoms with Gasteiger partial charge in [-0.2, -0.15) is 0 Å². The Bertz CT molecular complexity index is 779. The Hall–Kier alpha value is -1.91. The highest BCUT2D eigenvalue weighted by molar-refractivity contribution is 6.61. The van der Waals surface area contributed by atoms with Gasteiger partial charge in [-0.25, -0.2) is 0 Å². The van der Waals surface area contributed by atoms with Crippen LogP contribution in [-0.2, 0) is 0 Å². The Balaban J connectivity index is 2.52. The Morgan fingerprint density at radius 2 is 1.55 bits per heavy atom. The van der Waals surface area contributed by atoms with Crippen LogP contribution in [-0.4, -0.2) is 22.2 Å². The molecule has 0 radical (unpaired) electrons. The van der Waals surface area contributed by atoms with Crippen LogP contribution in [0.5, 0.6) is 0 Å². The van der Waals surface area contributed by atoms with Crippen molar-refractivity contribution in [2.45, 2.75) is 19.8 Å². The quantitative estimate of drug-likeness (QED) is 0.551. The summed E-state index contributed by atoms with van der Waals surface area (Å²) in [5.74, 6) is 0.271. The average molecular weight is 265 g/mol. The van der Waals surface area contributed by atoms with Gasteiger partial charge < -0.3 is 10.0 Å². The number of benzene rings is 2. The van der Waals surface area contributed by atoms with Gasteiger partial charge in [0.2, 0.25) is 0 Å². The van der Waals surface area contributed by atoms with Crippen LogP contribution in [0.1, 0.15) is 25.5 Å². The molecule has 0 fully saturated rings. The molecular formula is C16H16BNO2. The number of para-hydroxylation sites is 1. The molecule has 0 amide bonds. The fourth-order valence-corrected chi connectivity index (χ4v) is 2.67. The normalized spacial score (nSPS) is 11.4. The first-order chi connectivity index (χ1) is 9.59. The van der Waals surface area contributed by atoms with Gasteiger partial charge in [-0.15, -0.1) is 0 Å². The van der Waals surface area contributed by atoms with Crippen molar-refractivity contribution in [3.05, 3.63) is 48.2 Å². The molecule has 0 aliphatic rings. The number of nitrogens with zero attached hydrogens (tertiary/aromatic N) is 1. The van der Waals surface area contributed by atoms with Gasteiger partial charge in [0.05, 0.1) is 11.2 Å². The second kappa shape index (κ2) is 4.89. The van der Waals surface area contributed by atoms with E-state index in [9.17, 15) is 10.0 Å². The van der Waals surface area contributed by atoms with Gasteiger partial charge in [0.25, 0.3) is 0 Å². The van der Waals surface area contributed by atoms with Gasteiger partial charge in [0, 0.05) is 16.2 Å². The molecule has 0 atom stereocenters. The van der Waals surface area contributed by atoms with Gasteiger partial charge in [0.15, 0.2) is 0 Å². The van der Waals surface area contributed by atoms with Crippen LogP contribution >= 0.6 is 0 Å². The highest BCUT2D eigenvalue weighted by Crippen LogP contribution is 2.29. The van der Waals surface area contributed by atoms with Crippen molar-refractivity contribution in [2.75, 3.05) is 0 Å². The van der Waals surface area contributed by atoms with Crippen molar-refractivity contribution < 1.29 is 10.0 Å². The van der Waals surface area contributed by atoms with Crippen molar-refractivity contribution >= 4 is 34.3 Å². The standard InChI is InChI=1S/C16H16BNO2/c1-10(2)15-12-7-4-3-6-11(12)13-8-5-9-14(17(19)20)16(13)18-15/h3-10,19-20H,1-2H3. The third-order valence-corrected chi connectivity index (χ3v) is 3.62. The molecular weight excluding hydrogens is 249 g/mol. The molecule has 4 heteroatoms. The molecule has 1 heterocycles. The van der Waals surface area contributed by atoms with Crippen molar-refractivity contribution in [3.8, 4) is 0 Å². The molecule has 2 N–H and O–H groups in total. The molecule has 0 saturated heterocycles. The van der Waals surface area contributed by atoms with Crippen molar-refractivity contribution in [1.29, 1.82) is 0 Å². The molecule has 100 valence electrons. The van der Waals surface area contributed by atoms with E-state index in [0.29, 0.717) is 11.0 Å². The molecule has 0 saturated carbocycles. The third kappa shape index (κ3) is 1.97. The lowest BCUT2D eigenvalue weighted by Gasteiger charge is -2.14. The van der Waals surface area contributed by atoms with Crippen LogP contribution in [0.15, 0.2) is 42.5 Å². The van der Waals surface area contributed by atoms with Gasteiger partial charge in [-0.3, -0.25) is 4.98 Å². The average Bonchev–Trinajstić information content (AvgIpc) is 2.45. The molecule has 1 aromatic heterocycles. The minimum atomic E-state index is -1.51. The second-order valence-corrected chi connectivity index (χ2v) is 5.31.